The zero-order valence-electron chi connectivity index (χ0n) is 6.80. The Labute approximate surface area is 63.2 Å². The highest BCUT2D eigenvalue weighted by atomic mass is 14.7. The minimum atomic E-state index is 0.636. The van der Waals surface area contributed by atoms with Crippen molar-refractivity contribution in [1.29, 1.82) is 0 Å². The molecule has 0 aromatic rings. The lowest BCUT2D eigenvalue weighted by Gasteiger charge is -2.01. The van der Waals surface area contributed by atoms with E-state index in [2.05, 4.69) is 32.0 Å². The van der Waals surface area contributed by atoms with E-state index < -0.39 is 0 Å². The molecule has 0 bridgehead atoms. The van der Waals surface area contributed by atoms with E-state index in [9.17, 15) is 0 Å². The van der Waals surface area contributed by atoms with E-state index in [0.29, 0.717) is 5.92 Å². The van der Waals surface area contributed by atoms with Gasteiger partial charge < -0.3 is 0 Å². The van der Waals surface area contributed by atoms with E-state index in [-0.39, 0.29) is 0 Å². The molecule has 0 aromatic heterocycles. The second-order valence-electron chi connectivity index (χ2n) is 2.61. The van der Waals surface area contributed by atoms with Gasteiger partial charge in [-0.1, -0.05) is 27.0 Å². The molecule has 0 unspecified atom stereocenters. The Morgan fingerprint density at radius 2 is 2.10 bits per heavy atom. The summed E-state index contributed by atoms with van der Waals surface area (Å²) in [6.45, 7) is 11.5. The second kappa shape index (κ2) is 4.98. The molecule has 0 aliphatic heterocycles. The van der Waals surface area contributed by atoms with E-state index >= 15 is 0 Å². The Bertz CT molecular complexity index is 143. The third kappa shape index (κ3) is 4.07. The molecular weight excluding hydrogens is 122 g/mol. The Kier molecular flexibility index (Phi) is 4.55. The first-order chi connectivity index (χ1) is 4.70. The largest absolute Gasteiger partial charge is 0.262 e. The highest BCUT2D eigenvalue weighted by Crippen LogP contribution is 2.02. The first-order valence-electron chi connectivity index (χ1n) is 3.50. The number of hydrogen-bond acceptors (Lipinski definition) is 1. The quantitative estimate of drug-likeness (QED) is 0.528. The summed E-state index contributed by atoms with van der Waals surface area (Å²) in [4.78, 5) is 4.05. The Morgan fingerprint density at radius 3 is 2.40 bits per heavy atom. The van der Waals surface area contributed by atoms with Crippen molar-refractivity contribution < 1.29 is 0 Å². The molecule has 0 N–H and O–H groups in total. The molecule has 56 valence electrons. The molecule has 1 nitrogen and oxygen atoms in total. The van der Waals surface area contributed by atoms with Gasteiger partial charge in [-0.05, 0) is 18.4 Å². The molecule has 0 radical (unpaired) electrons. The zero-order valence-corrected chi connectivity index (χ0v) is 6.80. The smallest absolute Gasteiger partial charge is 0.0400 e. The predicted octanol–water partition coefficient (Wildman–Crippen LogP) is 2.80. The molecule has 0 aliphatic carbocycles. The highest BCUT2D eigenvalue weighted by molar-refractivity contribution is 5.94. The normalized spacial score (nSPS) is 11.7. The summed E-state index contributed by atoms with van der Waals surface area (Å²) in [5.74, 6) is 0.636. The fraction of sp³-hybridized carbons (Fsp3) is 0.444. The van der Waals surface area contributed by atoms with Crippen LogP contribution in [0.2, 0.25) is 0 Å². The molecule has 0 amide bonds. The van der Waals surface area contributed by atoms with Gasteiger partial charge in [0.1, 0.15) is 0 Å². The molecule has 0 aliphatic rings. The Morgan fingerprint density at radius 1 is 1.50 bits per heavy atom. The second-order valence-corrected chi connectivity index (χ2v) is 2.61. The molecule has 0 aromatic carbocycles. The molecule has 0 atom stereocenters. The van der Waals surface area contributed by atoms with Gasteiger partial charge in [-0.15, -0.1) is 0 Å². The molecular formula is C9H15N. The molecule has 0 rings (SSSR count). The molecule has 0 spiro atoms. The molecule has 10 heavy (non-hydrogen) atoms. The first-order valence-corrected chi connectivity index (χ1v) is 3.50. The first kappa shape index (κ1) is 9.15. The summed E-state index contributed by atoms with van der Waals surface area (Å²) in [5.41, 5.74) is 1.02. The standard InChI is InChI=1S/C9H15N/c1-5-9(10-6-2)7-8(3)4/h5-6,8H,1-2,7H2,3-4H3. The summed E-state index contributed by atoms with van der Waals surface area (Å²) in [6, 6.07) is 0. The van der Waals surface area contributed by atoms with Crippen molar-refractivity contribution in [1.82, 2.24) is 0 Å². The van der Waals surface area contributed by atoms with Gasteiger partial charge >= 0.3 is 0 Å². The number of aliphatic imine (C=N–C) groups is 1. The van der Waals surface area contributed by atoms with Crippen LogP contribution < -0.4 is 0 Å². The SMILES string of the molecule is C=CN=C(C=C)CC(C)C. The maximum Gasteiger partial charge on any atom is 0.0400 e. The summed E-state index contributed by atoms with van der Waals surface area (Å²) >= 11 is 0. The minimum absolute atomic E-state index is 0.636. The number of nitrogens with zero attached hydrogens (tertiary/aromatic N) is 1. The van der Waals surface area contributed by atoms with Crippen molar-refractivity contribution >= 4 is 5.71 Å². The van der Waals surface area contributed by atoms with E-state index in [1.54, 1.807) is 12.3 Å². The van der Waals surface area contributed by atoms with E-state index in [0.717, 1.165) is 12.1 Å². The van der Waals surface area contributed by atoms with Crippen LogP contribution in [0, 0.1) is 5.92 Å². The third-order valence-electron chi connectivity index (χ3n) is 1.11. The van der Waals surface area contributed by atoms with Crippen LogP contribution in [0.25, 0.3) is 0 Å². The fourth-order valence-electron chi connectivity index (χ4n) is 0.724. The average molecular weight is 137 g/mol. The van der Waals surface area contributed by atoms with Crippen LogP contribution in [0.15, 0.2) is 30.4 Å². The number of allylic oxidation sites excluding steroid dienone is 1. The van der Waals surface area contributed by atoms with Gasteiger partial charge in [0.25, 0.3) is 0 Å². The molecule has 0 saturated carbocycles. The van der Waals surface area contributed by atoms with Gasteiger partial charge in [0.2, 0.25) is 0 Å². The van der Waals surface area contributed by atoms with Gasteiger partial charge in [0.05, 0.1) is 0 Å². The molecule has 0 saturated heterocycles. The lowest BCUT2D eigenvalue weighted by atomic mass is 10.1. The van der Waals surface area contributed by atoms with Crippen molar-refractivity contribution in [3.8, 4) is 0 Å². The third-order valence-corrected chi connectivity index (χ3v) is 1.11. The van der Waals surface area contributed by atoms with Crippen LogP contribution in [0.5, 0.6) is 0 Å². The Balaban J connectivity index is 3.95. The number of rotatable bonds is 4. The summed E-state index contributed by atoms with van der Waals surface area (Å²) in [5, 5.41) is 0. The lowest BCUT2D eigenvalue weighted by molar-refractivity contribution is 0.685. The predicted molar refractivity (Wildman–Crippen MR) is 47.3 cm³/mol. The van der Waals surface area contributed by atoms with Crippen LogP contribution in [-0.4, -0.2) is 5.71 Å². The van der Waals surface area contributed by atoms with Crippen LogP contribution in [0.1, 0.15) is 20.3 Å². The highest BCUT2D eigenvalue weighted by Gasteiger charge is 1.96. The summed E-state index contributed by atoms with van der Waals surface area (Å²) in [7, 11) is 0. The monoisotopic (exact) mass is 137 g/mol. The van der Waals surface area contributed by atoms with Gasteiger partial charge in [0, 0.05) is 11.9 Å². The zero-order chi connectivity index (χ0) is 7.98. The minimum Gasteiger partial charge on any atom is -0.262 e. The van der Waals surface area contributed by atoms with Gasteiger partial charge in [-0.25, -0.2) is 0 Å². The van der Waals surface area contributed by atoms with E-state index in [4.69, 9.17) is 0 Å². The van der Waals surface area contributed by atoms with E-state index in [1.165, 1.54) is 0 Å². The maximum atomic E-state index is 4.05. The van der Waals surface area contributed by atoms with Crippen molar-refractivity contribution in [3.63, 3.8) is 0 Å². The average Bonchev–Trinajstić information content (AvgIpc) is 1.86. The van der Waals surface area contributed by atoms with Gasteiger partial charge in [-0.3, -0.25) is 4.99 Å². The summed E-state index contributed by atoms with van der Waals surface area (Å²) in [6.07, 6.45) is 4.32. The van der Waals surface area contributed by atoms with Crippen LogP contribution >= 0.6 is 0 Å². The summed E-state index contributed by atoms with van der Waals surface area (Å²) < 4.78 is 0. The van der Waals surface area contributed by atoms with Gasteiger partial charge in [-0.2, -0.15) is 0 Å². The molecule has 0 fully saturated rings. The van der Waals surface area contributed by atoms with Crippen LogP contribution in [0.4, 0.5) is 0 Å². The molecule has 0 heterocycles. The van der Waals surface area contributed by atoms with Gasteiger partial charge in [0.15, 0.2) is 0 Å². The Hall–Kier alpha value is -0.850. The fourth-order valence-corrected chi connectivity index (χ4v) is 0.724. The van der Waals surface area contributed by atoms with E-state index in [1.807, 2.05) is 0 Å². The topological polar surface area (TPSA) is 12.4 Å². The van der Waals surface area contributed by atoms with Crippen molar-refractivity contribution in [2.75, 3.05) is 0 Å². The van der Waals surface area contributed by atoms with Crippen molar-refractivity contribution in [2.24, 2.45) is 10.9 Å². The van der Waals surface area contributed by atoms with Crippen molar-refractivity contribution in [3.05, 3.63) is 25.4 Å². The van der Waals surface area contributed by atoms with Crippen molar-refractivity contribution in [2.45, 2.75) is 20.3 Å². The molecule has 1 heteroatoms. The maximum absolute atomic E-state index is 4.05. The lowest BCUT2D eigenvalue weighted by Crippen LogP contribution is -1.98. The van der Waals surface area contributed by atoms with Crippen LogP contribution in [-0.2, 0) is 0 Å². The van der Waals surface area contributed by atoms with Crippen LogP contribution in [0.3, 0.4) is 0 Å². The number of hydrogen-bond donors (Lipinski definition) is 0.